The van der Waals surface area contributed by atoms with Crippen LogP contribution in [0, 0.1) is 0 Å². The summed E-state index contributed by atoms with van der Waals surface area (Å²) in [6, 6.07) is 0. The van der Waals surface area contributed by atoms with Gasteiger partial charge in [-0.25, -0.2) is 0 Å². The van der Waals surface area contributed by atoms with Gasteiger partial charge in [0, 0.05) is 0 Å². The molecule has 1 N–H and O–H groups in total. The number of rotatable bonds is 2. The first-order valence-corrected chi connectivity index (χ1v) is 4.27. The number of aliphatic carboxylic acids is 1. The van der Waals surface area contributed by atoms with E-state index in [0.717, 1.165) is 0 Å². The van der Waals surface area contributed by atoms with Crippen LogP contribution in [0.3, 0.4) is 0 Å². The molecule has 0 spiro atoms. The number of carboxylic acids is 1. The second kappa shape index (κ2) is 5.09. The second-order valence-electron chi connectivity index (χ2n) is 1.33. The summed E-state index contributed by atoms with van der Waals surface area (Å²) in [5.74, 6) is -0.854. The van der Waals surface area contributed by atoms with Crippen molar-refractivity contribution in [2.24, 2.45) is 0 Å². The summed E-state index contributed by atoms with van der Waals surface area (Å²) in [6.07, 6.45) is 3.28. The van der Waals surface area contributed by atoms with Crippen LogP contribution in [-0.4, -0.2) is 49.7 Å². The standard InChI is InChI=1S/C5H4O2Te.Al.H/c6-5(7)3-1-2-4-8;;/h1-2,4H,(H,6,7);;. The average molecular weight is 252 g/mol. The van der Waals surface area contributed by atoms with E-state index >= 15 is 0 Å². The van der Waals surface area contributed by atoms with Crippen LogP contribution in [-0.2, 0) is 4.79 Å². The van der Waals surface area contributed by atoms with Gasteiger partial charge in [0.05, 0.1) is 0 Å². The Kier molecular flexibility index (Phi) is 5.24. The van der Waals surface area contributed by atoms with Crippen LogP contribution in [0.25, 0.3) is 0 Å². The first-order valence-electron chi connectivity index (χ1n) is 2.22. The van der Waals surface area contributed by atoms with E-state index in [0.29, 0.717) is 4.44 Å². The number of carboxylic acid groups (broad SMARTS) is 1. The minimum absolute atomic E-state index is 0.384. The maximum atomic E-state index is 10.1. The van der Waals surface area contributed by atoms with Gasteiger partial charge in [-0.05, 0) is 0 Å². The van der Waals surface area contributed by atoms with Crippen LogP contribution in [0.15, 0.2) is 20.7 Å². The van der Waals surface area contributed by atoms with E-state index in [1.807, 2.05) is 0 Å². The number of hydrogen-bond acceptors (Lipinski definition) is 1. The molecule has 0 fully saturated rings. The molecule has 0 aromatic rings. The quantitative estimate of drug-likeness (QED) is 0.410. The van der Waals surface area contributed by atoms with Crippen molar-refractivity contribution >= 4 is 44.6 Å². The molecule has 4 heteroatoms. The molecule has 0 aliphatic rings. The van der Waals surface area contributed by atoms with E-state index in [-0.39, 0.29) is 0 Å². The molecule has 0 heterocycles. The molecular weight excluding hydrogens is 247 g/mol. The molecular formula is C5H5AlO2Te. The van der Waals surface area contributed by atoms with Crippen LogP contribution < -0.4 is 0 Å². The normalized spacial score (nSPS) is 12.2. The topological polar surface area (TPSA) is 37.3 Å². The van der Waals surface area contributed by atoms with Crippen molar-refractivity contribution in [3.63, 3.8) is 0 Å². The Balaban J connectivity index is 4.00. The SMILES string of the molecule is O=C(O)[C]([AlH])=CC=C[Te]. The van der Waals surface area contributed by atoms with E-state index in [2.05, 4.69) is 0 Å². The molecule has 0 bridgehead atoms. The summed E-state index contributed by atoms with van der Waals surface area (Å²) in [6.45, 7) is 0. The molecule has 0 aromatic heterocycles. The second-order valence-corrected chi connectivity index (χ2v) is 2.86. The maximum absolute atomic E-state index is 10.1. The van der Waals surface area contributed by atoms with E-state index < -0.39 is 5.97 Å². The van der Waals surface area contributed by atoms with Gasteiger partial charge in [0.1, 0.15) is 0 Å². The number of hydrogen-bond donors (Lipinski definition) is 1. The minimum atomic E-state index is -0.854. The van der Waals surface area contributed by atoms with Gasteiger partial charge in [-0.2, -0.15) is 0 Å². The van der Waals surface area contributed by atoms with Crippen LogP contribution in [0.1, 0.15) is 0 Å². The van der Waals surface area contributed by atoms with Crippen molar-refractivity contribution in [1.82, 2.24) is 0 Å². The van der Waals surface area contributed by atoms with Gasteiger partial charge in [0.25, 0.3) is 0 Å². The van der Waals surface area contributed by atoms with Gasteiger partial charge in [-0.1, -0.05) is 0 Å². The van der Waals surface area contributed by atoms with Crippen molar-refractivity contribution in [3.8, 4) is 0 Å². The average Bonchev–Trinajstić information content (AvgIpc) is 1.82. The van der Waals surface area contributed by atoms with Crippen molar-refractivity contribution in [3.05, 3.63) is 20.7 Å². The van der Waals surface area contributed by atoms with Gasteiger partial charge in [0.2, 0.25) is 0 Å². The summed E-state index contributed by atoms with van der Waals surface area (Å²) in [7, 11) is 0. The molecule has 0 rings (SSSR count). The molecule has 0 aromatic carbocycles. The molecule has 46 valence electrons. The van der Waals surface area contributed by atoms with Crippen LogP contribution in [0.4, 0.5) is 0 Å². The van der Waals surface area contributed by atoms with Gasteiger partial charge in [0.15, 0.2) is 0 Å². The third kappa shape index (κ3) is 4.76. The Labute approximate surface area is 75.0 Å². The van der Waals surface area contributed by atoms with Crippen molar-refractivity contribution in [2.45, 2.75) is 0 Å². The third-order valence-corrected chi connectivity index (χ3v) is 1.64. The Morgan fingerprint density at radius 1 is 1.67 bits per heavy atom. The molecule has 0 saturated carbocycles. The van der Waals surface area contributed by atoms with E-state index in [9.17, 15) is 4.79 Å². The van der Waals surface area contributed by atoms with Crippen LogP contribution >= 0.6 is 0 Å². The molecule has 0 amide bonds. The summed E-state index contributed by atoms with van der Waals surface area (Å²) in [5.41, 5.74) is 0. The molecule has 2 nitrogen and oxygen atoms in total. The monoisotopic (exact) mass is 254 g/mol. The molecule has 0 saturated heterocycles. The summed E-state index contributed by atoms with van der Waals surface area (Å²) >= 11 is 3.15. The van der Waals surface area contributed by atoms with Gasteiger partial charge >= 0.3 is 75.2 Å². The van der Waals surface area contributed by atoms with E-state index in [1.54, 1.807) is 38.6 Å². The van der Waals surface area contributed by atoms with Gasteiger partial charge in [-0.3, -0.25) is 0 Å². The number of allylic oxidation sites excluding steroid dienone is 2. The van der Waals surface area contributed by atoms with Crippen molar-refractivity contribution in [2.75, 3.05) is 0 Å². The third-order valence-electron chi connectivity index (χ3n) is 0.651. The fraction of sp³-hybridized carbons (Fsp3) is 0. The Bertz CT molecular complexity index is 162. The first-order chi connectivity index (χ1) is 4.18. The van der Waals surface area contributed by atoms with Gasteiger partial charge in [-0.15, -0.1) is 0 Å². The predicted molar refractivity (Wildman–Crippen MR) is 37.8 cm³/mol. The molecule has 0 aliphatic carbocycles. The van der Waals surface area contributed by atoms with E-state index in [1.165, 1.54) is 16.3 Å². The fourth-order valence-electron chi connectivity index (χ4n) is 0.227. The summed E-state index contributed by atoms with van der Waals surface area (Å²) in [4.78, 5) is 10.1. The van der Waals surface area contributed by atoms with Crippen LogP contribution in [0.2, 0.25) is 0 Å². The molecule has 9 heavy (non-hydrogen) atoms. The zero-order chi connectivity index (χ0) is 7.28. The summed E-state index contributed by atoms with van der Waals surface area (Å²) < 4.78 is 2.18. The predicted octanol–water partition coefficient (Wildman–Crippen LogP) is -0.462. The Hall–Kier alpha value is 0.272. The molecule has 0 aliphatic heterocycles. The number of carbonyl (C=O) groups is 1. The molecule has 0 atom stereocenters. The zero-order valence-electron chi connectivity index (χ0n) is 4.70. The summed E-state index contributed by atoms with van der Waals surface area (Å²) in [5, 5.41) is 8.31. The van der Waals surface area contributed by atoms with E-state index in [4.69, 9.17) is 5.11 Å². The van der Waals surface area contributed by atoms with Crippen LogP contribution in [0.5, 0.6) is 0 Å². The molecule has 2 radical (unpaired) electrons. The fourth-order valence-corrected chi connectivity index (χ4v) is 0.587. The first kappa shape index (κ1) is 9.27. The van der Waals surface area contributed by atoms with Crippen molar-refractivity contribution < 1.29 is 9.90 Å². The van der Waals surface area contributed by atoms with Gasteiger partial charge < -0.3 is 0 Å². The Morgan fingerprint density at radius 3 is 2.56 bits per heavy atom. The molecule has 0 unspecified atom stereocenters. The zero-order valence-corrected chi connectivity index (χ0v) is 8.45. The Morgan fingerprint density at radius 2 is 2.22 bits per heavy atom. The van der Waals surface area contributed by atoms with Crippen molar-refractivity contribution in [1.29, 1.82) is 0 Å².